The Morgan fingerprint density at radius 1 is 0.950 bits per heavy atom. The number of hydrogen-bond donors (Lipinski definition) is 0. The Balaban J connectivity index is 2.38. The standard InChI is InChI=1S/C16H14BrF3/c1-10(2)11-3-5-12(6-4-11)14-8-7-13(9-15(14)17)16(18,19)20/h3-10H,1-2H3. The number of halogens is 4. The van der Waals surface area contributed by atoms with Gasteiger partial charge in [0, 0.05) is 4.47 Å². The Morgan fingerprint density at radius 2 is 1.55 bits per heavy atom. The predicted molar refractivity (Wildman–Crippen MR) is 78.7 cm³/mol. The van der Waals surface area contributed by atoms with Crippen molar-refractivity contribution in [2.45, 2.75) is 25.9 Å². The molecule has 20 heavy (non-hydrogen) atoms. The normalized spacial score (nSPS) is 11.9. The van der Waals surface area contributed by atoms with Crippen molar-refractivity contribution in [3.63, 3.8) is 0 Å². The van der Waals surface area contributed by atoms with Crippen LogP contribution >= 0.6 is 15.9 Å². The van der Waals surface area contributed by atoms with Gasteiger partial charge in [0.1, 0.15) is 0 Å². The summed E-state index contributed by atoms with van der Waals surface area (Å²) in [6, 6.07) is 11.6. The first-order valence-electron chi connectivity index (χ1n) is 6.26. The van der Waals surface area contributed by atoms with Gasteiger partial charge in [0.25, 0.3) is 0 Å². The van der Waals surface area contributed by atoms with Crippen LogP contribution in [0.2, 0.25) is 0 Å². The zero-order valence-electron chi connectivity index (χ0n) is 11.1. The van der Waals surface area contributed by atoms with E-state index >= 15 is 0 Å². The minimum atomic E-state index is -4.32. The number of hydrogen-bond acceptors (Lipinski definition) is 0. The third kappa shape index (κ3) is 3.23. The molecular weight excluding hydrogens is 329 g/mol. The molecular formula is C16H14BrF3. The SMILES string of the molecule is CC(C)c1ccc(-c2ccc(C(F)(F)F)cc2Br)cc1. The Morgan fingerprint density at radius 3 is 2.00 bits per heavy atom. The Kier molecular flexibility index (Phi) is 4.23. The molecule has 0 N–H and O–H groups in total. The van der Waals surface area contributed by atoms with Crippen LogP contribution in [0.25, 0.3) is 11.1 Å². The first-order valence-corrected chi connectivity index (χ1v) is 7.05. The van der Waals surface area contributed by atoms with Gasteiger partial charge in [-0.3, -0.25) is 0 Å². The van der Waals surface area contributed by atoms with Gasteiger partial charge in [0.15, 0.2) is 0 Å². The monoisotopic (exact) mass is 342 g/mol. The van der Waals surface area contributed by atoms with Crippen molar-refractivity contribution in [1.29, 1.82) is 0 Å². The van der Waals surface area contributed by atoms with Gasteiger partial charge < -0.3 is 0 Å². The zero-order valence-corrected chi connectivity index (χ0v) is 12.7. The molecule has 0 aromatic heterocycles. The van der Waals surface area contributed by atoms with Crippen molar-refractivity contribution < 1.29 is 13.2 Å². The minimum absolute atomic E-state index is 0.431. The lowest BCUT2D eigenvalue weighted by molar-refractivity contribution is -0.137. The maximum atomic E-state index is 12.6. The second-order valence-corrected chi connectivity index (χ2v) is 5.82. The summed E-state index contributed by atoms with van der Waals surface area (Å²) < 4.78 is 38.3. The lowest BCUT2D eigenvalue weighted by Gasteiger charge is -2.11. The highest BCUT2D eigenvalue weighted by molar-refractivity contribution is 9.10. The van der Waals surface area contributed by atoms with Crippen molar-refractivity contribution >= 4 is 15.9 Å². The molecule has 0 nitrogen and oxygen atoms in total. The molecule has 0 amide bonds. The Hall–Kier alpha value is -1.29. The van der Waals surface area contributed by atoms with Crippen LogP contribution in [-0.2, 0) is 6.18 Å². The molecule has 0 saturated heterocycles. The van der Waals surface area contributed by atoms with Crippen LogP contribution in [0.15, 0.2) is 46.9 Å². The van der Waals surface area contributed by atoms with Gasteiger partial charge in [-0.05, 0) is 34.7 Å². The average molecular weight is 343 g/mol. The highest BCUT2D eigenvalue weighted by atomic mass is 79.9. The lowest BCUT2D eigenvalue weighted by atomic mass is 9.98. The molecule has 0 atom stereocenters. The van der Waals surface area contributed by atoms with Crippen molar-refractivity contribution in [3.05, 3.63) is 58.1 Å². The van der Waals surface area contributed by atoms with Crippen LogP contribution in [0.5, 0.6) is 0 Å². The minimum Gasteiger partial charge on any atom is -0.166 e. The van der Waals surface area contributed by atoms with Crippen molar-refractivity contribution in [2.24, 2.45) is 0 Å². The van der Waals surface area contributed by atoms with E-state index in [1.54, 1.807) is 0 Å². The van der Waals surface area contributed by atoms with Gasteiger partial charge in [0.2, 0.25) is 0 Å². The average Bonchev–Trinajstić information content (AvgIpc) is 2.37. The summed E-state index contributed by atoms with van der Waals surface area (Å²) in [6.07, 6.45) is -4.32. The zero-order chi connectivity index (χ0) is 14.9. The van der Waals surface area contributed by atoms with Crippen molar-refractivity contribution in [3.8, 4) is 11.1 Å². The van der Waals surface area contributed by atoms with E-state index in [1.807, 2.05) is 24.3 Å². The Bertz CT molecular complexity index is 598. The quantitative estimate of drug-likeness (QED) is 0.604. The first-order chi connectivity index (χ1) is 9.29. The van der Waals surface area contributed by atoms with Crippen LogP contribution in [0.1, 0.15) is 30.9 Å². The molecule has 0 fully saturated rings. The largest absolute Gasteiger partial charge is 0.416 e. The van der Waals surface area contributed by atoms with Crippen LogP contribution < -0.4 is 0 Å². The summed E-state index contributed by atoms with van der Waals surface area (Å²) in [7, 11) is 0. The van der Waals surface area contributed by atoms with E-state index in [0.717, 1.165) is 23.3 Å². The molecule has 2 aromatic rings. The topological polar surface area (TPSA) is 0 Å². The number of rotatable bonds is 2. The third-order valence-corrected chi connectivity index (χ3v) is 3.84. The lowest BCUT2D eigenvalue weighted by Crippen LogP contribution is -2.04. The molecule has 4 heteroatoms. The number of benzene rings is 2. The van der Waals surface area contributed by atoms with Crippen LogP contribution in [0.3, 0.4) is 0 Å². The van der Waals surface area contributed by atoms with E-state index in [-0.39, 0.29) is 0 Å². The van der Waals surface area contributed by atoms with Crippen LogP contribution in [-0.4, -0.2) is 0 Å². The van der Waals surface area contributed by atoms with Crippen LogP contribution in [0, 0.1) is 0 Å². The number of alkyl halides is 3. The molecule has 0 aliphatic heterocycles. The molecule has 0 saturated carbocycles. The highest BCUT2D eigenvalue weighted by Crippen LogP contribution is 2.36. The smallest absolute Gasteiger partial charge is 0.166 e. The third-order valence-electron chi connectivity index (χ3n) is 3.18. The summed E-state index contributed by atoms with van der Waals surface area (Å²) in [6.45, 7) is 4.20. The van der Waals surface area contributed by atoms with Gasteiger partial charge >= 0.3 is 6.18 Å². The van der Waals surface area contributed by atoms with Gasteiger partial charge in [-0.25, -0.2) is 0 Å². The van der Waals surface area contributed by atoms with Gasteiger partial charge in [0.05, 0.1) is 5.56 Å². The molecule has 2 rings (SSSR count). The molecule has 0 heterocycles. The summed E-state index contributed by atoms with van der Waals surface area (Å²) in [4.78, 5) is 0. The Labute approximate surface area is 124 Å². The van der Waals surface area contributed by atoms with Crippen molar-refractivity contribution in [1.82, 2.24) is 0 Å². The van der Waals surface area contributed by atoms with E-state index in [1.165, 1.54) is 11.6 Å². The summed E-state index contributed by atoms with van der Waals surface area (Å²) in [5.74, 6) is 0.431. The molecule has 106 valence electrons. The van der Waals surface area contributed by atoms with E-state index in [4.69, 9.17) is 0 Å². The molecule has 0 unspecified atom stereocenters. The van der Waals surface area contributed by atoms with Gasteiger partial charge in [-0.2, -0.15) is 13.2 Å². The van der Waals surface area contributed by atoms with E-state index < -0.39 is 11.7 Å². The van der Waals surface area contributed by atoms with E-state index in [0.29, 0.717) is 10.4 Å². The fraction of sp³-hybridized carbons (Fsp3) is 0.250. The molecule has 2 aromatic carbocycles. The second kappa shape index (κ2) is 5.60. The maximum Gasteiger partial charge on any atom is 0.416 e. The van der Waals surface area contributed by atoms with E-state index in [2.05, 4.69) is 29.8 Å². The summed E-state index contributed by atoms with van der Waals surface area (Å²) >= 11 is 3.22. The first kappa shape index (κ1) is 15.1. The molecule has 0 aliphatic rings. The molecule has 0 radical (unpaired) electrons. The van der Waals surface area contributed by atoms with Gasteiger partial charge in [-0.15, -0.1) is 0 Å². The molecule has 0 bridgehead atoms. The molecule has 0 aliphatic carbocycles. The summed E-state index contributed by atoms with van der Waals surface area (Å²) in [5.41, 5.74) is 2.21. The second-order valence-electron chi connectivity index (χ2n) is 4.97. The maximum absolute atomic E-state index is 12.6. The fourth-order valence-electron chi connectivity index (χ4n) is 1.97. The van der Waals surface area contributed by atoms with E-state index in [9.17, 15) is 13.2 Å². The predicted octanol–water partition coefficient (Wildman–Crippen LogP) is 6.26. The van der Waals surface area contributed by atoms with Crippen molar-refractivity contribution in [2.75, 3.05) is 0 Å². The molecule has 0 spiro atoms. The fourth-order valence-corrected chi connectivity index (χ4v) is 2.58. The van der Waals surface area contributed by atoms with Gasteiger partial charge in [-0.1, -0.05) is 60.1 Å². The highest BCUT2D eigenvalue weighted by Gasteiger charge is 2.30. The summed E-state index contributed by atoms with van der Waals surface area (Å²) in [5, 5.41) is 0. The van der Waals surface area contributed by atoms with Crippen LogP contribution in [0.4, 0.5) is 13.2 Å².